The van der Waals surface area contributed by atoms with Crippen LogP contribution in [0.25, 0.3) is 0 Å². The summed E-state index contributed by atoms with van der Waals surface area (Å²) in [5.41, 5.74) is 1.36. The number of hydrogen-bond donors (Lipinski definition) is 0. The topological polar surface area (TPSA) is 40.6 Å². The Bertz CT molecular complexity index is 447. The van der Waals surface area contributed by atoms with Gasteiger partial charge in [0.2, 0.25) is 5.91 Å². The molecule has 0 aliphatic carbocycles. The number of nitrogens with zero attached hydrogens (tertiary/aromatic N) is 2. The minimum absolute atomic E-state index is 0.0108. The van der Waals surface area contributed by atoms with Gasteiger partial charge in [-0.05, 0) is 25.1 Å². The van der Waals surface area contributed by atoms with E-state index in [1.807, 2.05) is 24.0 Å². The zero-order valence-electron chi connectivity index (χ0n) is 10.8. The van der Waals surface area contributed by atoms with Crippen molar-refractivity contribution in [2.24, 2.45) is 0 Å². The monoisotopic (exact) mass is 312 g/mol. The molecule has 0 heterocycles. The summed E-state index contributed by atoms with van der Waals surface area (Å²) in [6.07, 6.45) is 0.808. The average molecular weight is 313 g/mol. The molecule has 0 aliphatic rings. The van der Waals surface area contributed by atoms with Crippen LogP contribution in [0, 0.1) is 0 Å². The fourth-order valence-corrected chi connectivity index (χ4v) is 1.96. The maximum atomic E-state index is 11.7. The fourth-order valence-electron chi connectivity index (χ4n) is 1.58. The predicted molar refractivity (Wildman–Crippen MR) is 76.1 cm³/mol. The van der Waals surface area contributed by atoms with Gasteiger partial charge in [0.15, 0.2) is 6.29 Å². The van der Waals surface area contributed by atoms with Crippen LogP contribution in [0.2, 0.25) is 0 Å². The number of hydrogen-bond acceptors (Lipinski definition) is 3. The molecule has 1 aromatic rings. The van der Waals surface area contributed by atoms with E-state index < -0.39 is 0 Å². The van der Waals surface area contributed by atoms with Crippen LogP contribution in [0.4, 0.5) is 5.69 Å². The summed E-state index contributed by atoms with van der Waals surface area (Å²) in [5, 5.41) is 0. The molecule has 4 nitrogen and oxygen atoms in total. The highest BCUT2D eigenvalue weighted by Gasteiger charge is 2.14. The van der Waals surface area contributed by atoms with Crippen molar-refractivity contribution in [1.82, 2.24) is 4.90 Å². The molecular weight excluding hydrogens is 296 g/mol. The Balaban J connectivity index is 3.01. The van der Waals surface area contributed by atoms with Crippen molar-refractivity contribution < 1.29 is 9.59 Å². The highest BCUT2D eigenvalue weighted by Crippen LogP contribution is 2.23. The van der Waals surface area contributed by atoms with Gasteiger partial charge < -0.3 is 9.80 Å². The van der Waals surface area contributed by atoms with Crippen LogP contribution >= 0.6 is 15.9 Å². The van der Waals surface area contributed by atoms with Gasteiger partial charge in [-0.2, -0.15) is 0 Å². The molecule has 0 unspecified atom stereocenters. The quantitative estimate of drug-likeness (QED) is 0.782. The number of amides is 1. The zero-order chi connectivity index (χ0) is 13.7. The predicted octanol–water partition coefficient (Wildman–Crippen LogP) is 2.18. The Hall–Kier alpha value is -1.36. The van der Waals surface area contributed by atoms with Gasteiger partial charge in [-0.1, -0.05) is 15.9 Å². The van der Waals surface area contributed by atoms with Gasteiger partial charge in [-0.25, -0.2) is 0 Å². The summed E-state index contributed by atoms with van der Waals surface area (Å²) in [5.74, 6) is 0.0108. The van der Waals surface area contributed by atoms with Gasteiger partial charge in [0, 0.05) is 36.4 Å². The van der Waals surface area contributed by atoms with E-state index in [1.165, 1.54) is 0 Å². The first-order valence-corrected chi connectivity index (χ1v) is 6.48. The third-order valence-corrected chi connectivity index (χ3v) is 3.16. The number of aldehydes is 1. The molecule has 0 saturated carbocycles. The molecule has 0 N–H and O–H groups in total. The maximum Gasteiger partial charge on any atom is 0.241 e. The molecule has 0 fully saturated rings. The number of carbonyl (C=O) groups is 2. The summed E-state index contributed by atoms with van der Waals surface area (Å²) < 4.78 is 0.850. The first-order valence-electron chi connectivity index (χ1n) is 5.69. The lowest BCUT2D eigenvalue weighted by atomic mass is 10.1. The summed E-state index contributed by atoms with van der Waals surface area (Å²) in [4.78, 5) is 26.2. The van der Waals surface area contributed by atoms with Crippen LogP contribution in [0.1, 0.15) is 17.3 Å². The largest absolute Gasteiger partial charge is 0.362 e. The van der Waals surface area contributed by atoms with E-state index in [9.17, 15) is 9.59 Å². The lowest BCUT2D eigenvalue weighted by Gasteiger charge is -2.25. The zero-order valence-corrected chi connectivity index (χ0v) is 12.4. The normalized spacial score (nSPS) is 10.0. The molecule has 0 spiro atoms. The van der Waals surface area contributed by atoms with Gasteiger partial charge in [0.25, 0.3) is 0 Å². The number of benzene rings is 1. The van der Waals surface area contributed by atoms with Crippen LogP contribution in [0.5, 0.6) is 0 Å². The van der Waals surface area contributed by atoms with Gasteiger partial charge in [-0.15, -0.1) is 0 Å². The Kier molecular flexibility index (Phi) is 5.34. The van der Waals surface area contributed by atoms with Crippen LogP contribution in [-0.4, -0.2) is 44.3 Å². The number of likely N-dealkylation sites (N-methyl/N-ethyl adjacent to an activating group) is 2. The minimum Gasteiger partial charge on any atom is -0.362 e. The van der Waals surface area contributed by atoms with Crippen LogP contribution in [-0.2, 0) is 4.79 Å². The lowest BCUT2D eigenvalue weighted by Crippen LogP contribution is -2.37. The SMILES string of the molecule is CCN(CC(=O)N(C)C)c1ccc(Br)cc1C=O. The van der Waals surface area contributed by atoms with Crippen molar-refractivity contribution in [3.05, 3.63) is 28.2 Å². The molecule has 0 radical (unpaired) electrons. The summed E-state index contributed by atoms with van der Waals surface area (Å²) in [6.45, 7) is 2.90. The maximum absolute atomic E-state index is 11.7. The number of carbonyl (C=O) groups excluding carboxylic acids is 2. The Morgan fingerprint density at radius 2 is 2.06 bits per heavy atom. The van der Waals surface area contributed by atoms with Crippen molar-refractivity contribution in [3.8, 4) is 0 Å². The number of anilines is 1. The van der Waals surface area contributed by atoms with Crippen LogP contribution < -0.4 is 4.90 Å². The molecule has 0 aliphatic heterocycles. The molecule has 1 aromatic carbocycles. The van der Waals surface area contributed by atoms with Crippen LogP contribution in [0.3, 0.4) is 0 Å². The van der Waals surface area contributed by atoms with E-state index in [1.54, 1.807) is 25.1 Å². The Morgan fingerprint density at radius 3 is 2.56 bits per heavy atom. The van der Waals surface area contributed by atoms with Gasteiger partial charge in [0.1, 0.15) is 0 Å². The van der Waals surface area contributed by atoms with E-state index >= 15 is 0 Å². The number of rotatable bonds is 5. The standard InChI is InChI=1S/C13H17BrN2O2/c1-4-16(8-13(18)15(2)3)12-6-5-11(14)7-10(12)9-17/h5-7,9H,4,8H2,1-3H3. The third-order valence-electron chi connectivity index (χ3n) is 2.66. The van der Waals surface area contributed by atoms with E-state index in [0.717, 1.165) is 16.4 Å². The minimum atomic E-state index is 0.0108. The molecule has 1 rings (SSSR count). The molecular formula is C13H17BrN2O2. The van der Waals surface area contributed by atoms with Crippen molar-refractivity contribution >= 4 is 33.8 Å². The van der Waals surface area contributed by atoms with Crippen molar-refractivity contribution in [3.63, 3.8) is 0 Å². The van der Waals surface area contributed by atoms with Crippen molar-refractivity contribution in [1.29, 1.82) is 0 Å². The summed E-state index contributed by atoms with van der Waals surface area (Å²) in [7, 11) is 3.44. The third kappa shape index (κ3) is 3.57. The first-order chi connectivity index (χ1) is 8.49. The summed E-state index contributed by atoms with van der Waals surface area (Å²) in [6, 6.07) is 5.47. The van der Waals surface area contributed by atoms with Crippen molar-refractivity contribution in [2.45, 2.75) is 6.92 Å². The van der Waals surface area contributed by atoms with E-state index in [-0.39, 0.29) is 12.5 Å². The molecule has 18 heavy (non-hydrogen) atoms. The second kappa shape index (κ2) is 6.54. The highest BCUT2D eigenvalue weighted by molar-refractivity contribution is 9.10. The molecule has 0 saturated heterocycles. The van der Waals surface area contributed by atoms with Gasteiger partial charge >= 0.3 is 0 Å². The molecule has 0 atom stereocenters. The van der Waals surface area contributed by atoms with E-state index in [2.05, 4.69) is 15.9 Å². The van der Waals surface area contributed by atoms with E-state index in [4.69, 9.17) is 0 Å². The van der Waals surface area contributed by atoms with Crippen molar-refractivity contribution in [2.75, 3.05) is 32.1 Å². The van der Waals surface area contributed by atoms with Crippen LogP contribution in [0.15, 0.2) is 22.7 Å². The Labute approximate surface area is 116 Å². The first kappa shape index (κ1) is 14.7. The second-order valence-corrected chi connectivity index (χ2v) is 5.04. The van der Waals surface area contributed by atoms with Gasteiger partial charge in [0.05, 0.1) is 6.54 Å². The highest BCUT2D eigenvalue weighted by atomic mass is 79.9. The molecule has 0 aromatic heterocycles. The van der Waals surface area contributed by atoms with E-state index in [0.29, 0.717) is 12.1 Å². The Morgan fingerprint density at radius 1 is 1.39 bits per heavy atom. The number of halogens is 1. The molecule has 5 heteroatoms. The lowest BCUT2D eigenvalue weighted by molar-refractivity contribution is -0.127. The fraction of sp³-hybridized carbons (Fsp3) is 0.385. The second-order valence-electron chi connectivity index (χ2n) is 4.12. The smallest absolute Gasteiger partial charge is 0.241 e. The summed E-state index contributed by atoms with van der Waals surface area (Å²) >= 11 is 3.33. The molecule has 0 bridgehead atoms. The average Bonchev–Trinajstić information content (AvgIpc) is 2.35. The van der Waals surface area contributed by atoms with Gasteiger partial charge in [-0.3, -0.25) is 9.59 Å². The molecule has 1 amide bonds. The molecule has 98 valence electrons.